The average molecular weight is 321 g/mol. The third kappa shape index (κ3) is 2.99. The van der Waals surface area contributed by atoms with Crippen molar-refractivity contribution in [3.63, 3.8) is 0 Å². The molecule has 0 radical (unpaired) electrons. The minimum atomic E-state index is -0.527. The Hall–Kier alpha value is -0.610. The van der Waals surface area contributed by atoms with Gasteiger partial charge in [-0.3, -0.25) is 4.79 Å². The van der Waals surface area contributed by atoms with Crippen molar-refractivity contribution < 1.29 is 9.18 Å². The summed E-state index contributed by atoms with van der Waals surface area (Å²) in [5.74, 6) is -0.923. The molecule has 1 N–H and O–H groups in total. The lowest BCUT2D eigenvalue weighted by molar-refractivity contribution is 0.0934. The summed E-state index contributed by atoms with van der Waals surface area (Å²) in [5.41, 5.74) is 0.0592. The van der Waals surface area contributed by atoms with E-state index in [2.05, 4.69) is 21.2 Å². The van der Waals surface area contributed by atoms with Crippen molar-refractivity contribution in [3.05, 3.63) is 34.1 Å². The molecule has 0 heterocycles. The summed E-state index contributed by atoms with van der Waals surface area (Å²) in [6.07, 6.45) is 2.76. The summed E-state index contributed by atoms with van der Waals surface area (Å²) in [6, 6.07) is 4.34. The fraction of sp³-hybridized carbons (Fsp3) is 0.417. The van der Waals surface area contributed by atoms with E-state index >= 15 is 0 Å². The maximum Gasteiger partial charge on any atom is 0.254 e. The molecule has 17 heavy (non-hydrogen) atoms. The van der Waals surface area contributed by atoms with Crippen LogP contribution in [-0.2, 0) is 0 Å². The zero-order valence-electron chi connectivity index (χ0n) is 9.05. The van der Waals surface area contributed by atoms with E-state index in [0.717, 1.165) is 19.3 Å². The van der Waals surface area contributed by atoms with Crippen LogP contribution in [0.1, 0.15) is 29.6 Å². The van der Waals surface area contributed by atoms with E-state index in [1.165, 1.54) is 12.1 Å². The number of rotatable bonds is 2. The molecule has 2 atom stereocenters. The molecule has 1 saturated carbocycles. The highest BCUT2D eigenvalue weighted by atomic mass is 79.9. The van der Waals surface area contributed by atoms with Gasteiger partial charge in [0.15, 0.2) is 0 Å². The van der Waals surface area contributed by atoms with Crippen LogP contribution >= 0.6 is 27.5 Å². The Morgan fingerprint density at radius 1 is 1.47 bits per heavy atom. The van der Waals surface area contributed by atoms with Crippen molar-refractivity contribution in [1.82, 2.24) is 5.32 Å². The lowest BCUT2D eigenvalue weighted by Crippen LogP contribution is -2.38. The first-order valence-corrected chi connectivity index (χ1v) is 6.71. The number of carbonyl (C=O) groups is 1. The molecule has 1 amide bonds. The van der Waals surface area contributed by atoms with E-state index in [0.29, 0.717) is 4.47 Å². The third-order valence-electron chi connectivity index (χ3n) is 2.92. The minimum Gasteiger partial charge on any atom is -0.348 e. The van der Waals surface area contributed by atoms with Gasteiger partial charge in [-0.05, 0) is 37.5 Å². The molecule has 0 aromatic heterocycles. The van der Waals surface area contributed by atoms with Crippen LogP contribution in [0.2, 0.25) is 0 Å². The van der Waals surface area contributed by atoms with E-state index in [9.17, 15) is 9.18 Å². The maximum absolute atomic E-state index is 13.5. The number of amides is 1. The molecule has 0 spiro atoms. The van der Waals surface area contributed by atoms with Gasteiger partial charge >= 0.3 is 0 Å². The van der Waals surface area contributed by atoms with E-state index in [-0.39, 0.29) is 17.0 Å². The molecule has 0 aliphatic heterocycles. The van der Waals surface area contributed by atoms with Crippen LogP contribution in [-0.4, -0.2) is 17.3 Å². The SMILES string of the molecule is O=C(NC1CCCC1Cl)c1ccc(Br)cc1F. The summed E-state index contributed by atoms with van der Waals surface area (Å²) < 4.78 is 14.2. The Labute approximate surface area is 113 Å². The van der Waals surface area contributed by atoms with E-state index in [1.807, 2.05) is 0 Å². The highest BCUT2D eigenvalue weighted by molar-refractivity contribution is 9.10. The minimum absolute atomic E-state index is 0.0440. The Kier molecular flexibility index (Phi) is 4.05. The van der Waals surface area contributed by atoms with Crippen molar-refractivity contribution in [3.8, 4) is 0 Å². The standard InChI is InChI=1S/C12H12BrClFNO/c13-7-4-5-8(10(15)6-7)12(17)16-11-3-1-2-9(11)14/h4-6,9,11H,1-3H2,(H,16,17). The zero-order chi connectivity index (χ0) is 12.4. The molecule has 1 aliphatic carbocycles. The quantitative estimate of drug-likeness (QED) is 0.831. The summed E-state index contributed by atoms with van der Waals surface area (Å²) in [6.45, 7) is 0. The van der Waals surface area contributed by atoms with Crippen LogP contribution in [0.5, 0.6) is 0 Å². The molecule has 2 nitrogen and oxygen atoms in total. The van der Waals surface area contributed by atoms with Gasteiger partial charge in [0, 0.05) is 10.5 Å². The lowest BCUT2D eigenvalue weighted by Gasteiger charge is -2.16. The van der Waals surface area contributed by atoms with E-state index in [1.54, 1.807) is 6.07 Å². The smallest absolute Gasteiger partial charge is 0.254 e. The number of hydrogen-bond donors (Lipinski definition) is 1. The Morgan fingerprint density at radius 3 is 2.82 bits per heavy atom. The van der Waals surface area contributed by atoms with Gasteiger partial charge in [0.25, 0.3) is 5.91 Å². The first kappa shape index (κ1) is 12.8. The molecule has 92 valence electrons. The maximum atomic E-state index is 13.5. The van der Waals surface area contributed by atoms with Crippen molar-refractivity contribution >= 4 is 33.4 Å². The van der Waals surface area contributed by atoms with Crippen LogP contribution in [0.4, 0.5) is 4.39 Å². The number of alkyl halides is 1. The highest BCUT2D eigenvalue weighted by Gasteiger charge is 2.27. The summed E-state index contributed by atoms with van der Waals surface area (Å²) in [5, 5.41) is 2.73. The van der Waals surface area contributed by atoms with Gasteiger partial charge < -0.3 is 5.32 Å². The Bertz CT molecular complexity index is 441. The number of carbonyl (C=O) groups excluding carboxylic acids is 1. The van der Waals surface area contributed by atoms with Crippen LogP contribution < -0.4 is 5.32 Å². The Morgan fingerprint density at radius 2 is 2.24 bits per heavy atom. The molecule has 1 aromatic carbocycles. The monoisotopic (exact) mass is 319 g/mol. The predicted octanol–water partition coefficient (Wildman–Crippen LogP) is 3.48. The van der Waals surface area contributed by atoms with E-state index < -0.39 is 11.7 Å². The molecule has 5 heteroatoms. The van der Waals surface area contributed by atoms with Crippen molar-refractivity contribution in [2.75, 3.05) is 0 Å². The van der Waals surface area contributed by atoms with Crippen LogP contribution in [0.3, 0.4) is 0 Å². The fourth-order valence-electron chi connectivity index (χ4n) is 2.00. The van der Waals surface area contributed by atoms with Crippen LogP contribution in [0, 0.1) is 5.82 Å². The Balaban J connectivity index is 2.09. The molecule has 0 bridgehead atoms. The average Bonchev–Trinajstić information content (AvgIpc) is 2.64. The van der Waals surface area contributed by atoms with Gasteiger partial charge in [-0.15, -0.1) is 11.6 Å². The number of benzene rings is 1. The van der Waals surface area contributed by atoms with Gasteiger partial charge in [0.05, 0.1) is 10.9 Å². The first-order valence-electron chi connectivity index (χ1n) is 5.48. The summed E-state index contributed by atoms with van der Waals surface area (Å²) in [7, 11) is 0. The highest BCUT2D eigenvalue weighted by Crippen LogP contribution is 2.24. The van der Waals surface area contributed by atoms with Gasteiger partial charge in [-0.2, -0.15) is 0 Å². The largest absolute Gasteiger partial charge is 0.348 e. The molecule has 1 aliphatic rings. The van der Waals surface area contributed by atoms with Crippen LogP contribution in [0.15, 0.2) is 22.7 Å². The number of hydrogen-bond acceptors (Lipinski definition) is 1. The molecule has 1 fully saturated rings. The number of nitrogens with one attached hydrogen (secondary N) is 1. The molecular weight excluding hydrogens is 308 g/mol. The third-order valence-corrected chi connectivity index (χ3v) is 3.94. The van der Waals surface area contributed by atoms with Gasteiger partial charge in [-0.25, -0.2) is 4.39 Å². The molecule has 1 aromatic rings. The van der Waals surface area contributed by atoms with Crippen molar-refractivity contribution in [2.45, 2.75) is 30.7 Å². The zero-order valence-corrected chi connectivity index (χ0v) is 11.4. The second kappa shape index (κ2) is 5.36. The second-order valence-corrected chi connectivity index (χ2v) is 5.63. The second-order valence-electron chi connectivity index (χ2n) is 4.15. The molecular formula is C12H12BrClFNO. The van der Waals surface area contributed by atoms with Gasteiger partial charge in [0.2, 0.25) is 0 Å². The van der Waals surface area contributed by atoms with E-state index in [4.69, 9.17) is 11.6 Å². The first-order chi connectivity index (χ1) is 8.08. The molecule has 0 saturated heterocycles. The molecule has 2 unspecified atom stereocenters. The lowest BCUT2D eigenvalue weighted by atomic mass is 10.1. The fourth-order valence-corrected chi connectivity index (χ4v) is 2.67. The van der Waals surface area contributed by atoms with Crippen molar-refractivity contribution in [1.29, 1.82) is 0 Å². The van der Waals surface area contributed by atoms with Crippen molar-refractivity contribution in [2.24, 2.45) is 0 Å². The normalized spacial score (nSPS) is 23.7. The topological polar surface area (TPSA) is 29.1 Å². The molecule has 2 rings (SSSR count). The van der Waals surface area contributed by atoms with Gasteiger partial charge in [-0.1, -0.05) is 15.9 Å². The summed E-state index contributed by atoms with van der Waals surface area (Å²) in [4.78, 5) is 11.9. The van der Waals surface area contributed by atoms with Gasteiger partial charge in [0.1, 0.15) is 5.82 Å². The summed E-state index contributed by atoms with van der Waals surface area (Å²) >= 11 is 9.21. The number of halogens is 3. The predicted molar refractivity (Wildman–Crippen MR) is 68.8 cm³/mol. The van der Waals surface area contributed by atoms with Crippen LogP contribution in [0.25, 0.3) is 0 Å².